The van der Waals surface area contributed by atoms with Crippen molar-refractivity contribution in [2.45, 2.75) is 38.5 Å². The molecular weight excluding hydrogens is 452 g/mol. The number of hydrogen-bond acceptors (Lipinski definition) is 2. The van der Waals surface area contributed by atoms with Gasteiger partial charge in [-0.05, 0) is 58.4 Å². The third-order valence-corrected chi connectivity index (χ3v) is 10.9. The van der Waals surface area contributed by atoms with Gasteiger partial charge in [-0.3, -0.25) is 0 Å². The molecule has 166 valence electrons. The van der Waals surface area contributed by atoms with Crippen LogP contribution in [0.1, 0.15) is 38.8 Å². The molecule has 0 atom stereocenters. The molecule has 0 amide bonds. The molecule has 0 saturated carbocycles. The van der Waals surface area contributed by atoms with Gasteiger partial charge in [-0.1, -0.05) is 39.8 Å². The molecule has 0 radical (unpaired) electrons. The summed E-state index contributed by atoms with van der Waals surface area (Å²) in [7, 11) is 0. The fourth-order valence-electron chi connectivity index (χ4n) is 6.06. The largest absolute Gasteiger partial charge is 0.314 e. The van der Waals surface area contributed by atoms with Gasteiger partial charge in [0.1, 0.15) is 0 Å². The monoisotopic (exact) mass is 476 g/mol. The van der Waals surface area contributed by atoms with E-state index < -0.39 is 0 Å². The van der Waals surface area contributed by atoms with Gasteiger partial charge in [0.25, 0.3) is 0 Å². The van der Waals surface area contributed by atoms with Crippen LogP contribution in [0, 0.1) is 0 Å². The van der Waals surface area contributed by atoms with Crippen LogP contribution in [-0.2, 0) is 10.8 Å². The van der Waals surface area contributed by atoms with Crippen molar-refractivity contribution in [2.24, 2.45) is 0 Å². The topological polar surface area (TPSA) is 8.82 Å². The summed E-state index contributed by atoms with van der Waals surface area (Å²) in [4.78, 5) is 0. The fraction of sp³-hybridized carbons (Fsp3) is 0.200. The summed E-state index contributed by atoms with van der Waals surface area (Å²) in [5.74, 6) is 0. The number of nitrogens with zero attached hydrogens (tertiary/aromatic N) is 2. The molecule has 0 unspecified atom stereocenters. The average Bonchev–Trinajstić information content (AvgIpc) is 3.62. The van der Waals surface area contributed by atoms with Crippen LogP contribution in [0.5, 0.6) is 0 Å². The predicted molar refractivity (Wildman–Crippen MR) is 149 cm³/mol. The van der Waals surface area contributed by atoms with Gasteiger partial charge in [0.15, 0.2) is 0 Å². The molecule has 0 aliphatic carbocycles. The smallest absolute Gasteiger partial charge is 0.0716 e. The molecule has 0 N–H and O–H groups in total. The molecule has 0 spiro atoms. The SMILES string of the molecule is CC(C)(c1ccc2c(c1)c1scc3ccn2c31)C(C)(C)c1ccc2c(c1)c1scc3ccn2c31. The van der Waals surface area contributed by atoms with Gasteiger partial charge in [0.2, 0.25) is 0 Å². The standard InChI is InChI=1S/C30H24N2S2/c1-29(2,19-5-7-23-21(13-19)27-25-17(15-33-27)9-11-31(23)25)30(3,4)20-6-8-24-22(14-20)28-26-18(16-34-28)10-12-32(24)26/h5-16H,1-4H3. The fourth-order valence-corrected chi connectivity index (χ4v) is 8.17. The first-order valence-corrected chi connectivity index (χ1v) is 13.6. The van der Waals surface area contributed by atoms with Gasteiger partial charge < -0.3 is 8.80 Å². The van der Waals surface area contributed by atoms with Crippen LogP contribution in [0.4, 0.5) is 0 Å². The Morgan fingerprint density at radius 2 is 1.03 bits per heavy atom. The quantitative estimate of drug-likeness (QED) is 0.240. The van der Waals surface area contributed by atoms with Gasteiger partial charge in [-0.25, -0.2) is 0 Å². The third-order valence-electron chi connectivity index (χ3n) is 8.88. The van der Waals surface area contributed by atoms with Crippen LogP contribution in [0.3, 0.4) is 0 Å². The minimum atomic E-state index is -0.0530. The van der Waals surface area contributed by atoms with Crippen LogP contribution in [0.2, 0.25) is 0 Å². The molecule has 0 aliphatic rings. The van der Waals surface area contributed by atoms with Crippen molar-refractivity contribution in [3.63, 3.8) is 0 Å². The molecule has 2 aromatic carbocycles. The molecule has 6 heterocycles. The van der Waals surface area contributed by atoms with Crippen LogP contribution in [0.15, 0.2) is 71.7 Å². The van der Waals surface area contributed by atoms with Crippen LogP contribution in [0.25, 0.3) is 53.0 Å². The molecule has 4 heteroatoms. The Kier molecular flexibility index (Phi) is 3.36. The van der Waals surface area contributed by atoms with Crippen molar-refractivity contribution in [3.05, 3.63) is 82.8 Å². The van der Waals surface area contributed by atoms with E-state index in [0.29, 0.717) is 0 Å². The highest BCUT2D eigenvalue weighted by Crippen LogP contribution is 2.47. The Balaban J connectivity index is 1.31. The van der Waals surface area contributed by atoms with Gasteiger partial charge in [0.05, 0.1) is 31.5 Å². The van der Waals surface area contributed by atoms with Crippen molar-refractivity contribution in [1.82, 2.24) is 8.80 Å². The lowest BCUT2D eigenvalue weighted by Crippen LogP contribution is -2.40. The van der Waals surface area contributed by atoms with Crippen LogP contribution in [-0.4, -0.2) is 8.80 Å². The molecule has 8 rings (SSSR count). The van der Waals surface area contributed by atoms with Crippen LogP contribution < -0.4 is 0 Å². The van der Waals surface area contributed by atoms with Crippen molar-refractivity contribution in [3.8, 4) is 0 Å². The molecule has 0 saturated heterocycles. The van der Waals surface area contributed by atoms with Gasteiger partial charge >= 0.3 is 0 Å². The van der Waals surface area contributed by atoms with E-state index in [2.05, 4.69) is 108 Å². The first-order valence-electron chi connectivity index (χ1n) is 11.8. The Morgan fingerprint density at radius 3 is 1.47 bits per heavy atom. The zero-order chi connectivity index (χ0) is 23.0. The minimum absolute atomic E-state index is 0.0530. The first kappa shape index (κ1) is 19.2. The molecule has 2 nitrogen and oxygen atoms in total. The number of hydrogen-bond donors (Lipinski definition) is 0. The van der Waals surface area contributed by atoms with E-state index in [0.717, 1.165) is 0 Å². The lowest BCUT2D eigenvalue weighted by molar-refractivity contribution is 0.303. The molecule has 0 fully saturated rings. The van der Waals surface area contributed by atoms with Gasteiger partial charge in [-0.15, -0.1) is 22.7 Å². The Morgan fingerprint density at radius 1 is 0.588 bits per heavy atom. The number of benzene rings is 2. The van der Waals surface area contributed by atoms with Gasteiger partial charge in [0, 0.05) is 44.7 Å². The Labute approximate surface area is 205 Å². The Hall–Kier alpha value is -3.08. The number of thiophene rings is 2. The number of aromatic nitrogens is 2. The summed E-state index contributed by atoms with van der Waals surface area (Å²) in [5, 5.41) is 10.0. The number of rotatable bonds is 3. The van der Waals surface area contributed by atoms with E-state index >= 15 is 0 Å². The predicted octanol–water partition coefficient (Wildman–Crippen LogP) is 9.06. The zero-order valence-corrected chi connectivity index (χ0v) is 21.3. The first-order chi connectivity index (χ1) is 16.4. The van der Waals surface area contributed by atoms with E-state index in [4.69, 9.17) is 0 Å². The van der Waals surface area contributed by atoms with Crippen molar-refractivity contribution in [1.29, 1.82) is 0 Å². The maximum atomic E-state index is 2.46. The van der Waals surface area contributed by atoms with Gasteiger partial charge in [-0.2, -0.15) is 0 Å². The third kappa shape index (κ3) is 2.09. The molecular formula is C30H24N2S2. The summed E-state index contributed by atoms with van der Waals surface area (Å²) in [6, 6.07) is 18.7. The summed E-state index contributed by atoms with van der Waals surface area (Å²) < 4.78 is 7.53. The van der Waals surface area contributed by atoms with E-state index in [1.165, 1.54) is 64.1 Å². The van der Waals surface area contributed by atoms with Crippen molar-refractivity contribution >= 4 is 75.7 Å². The van der Waals surface area contributed by atoms with E-state index in [9.17, 15) is 0 Å². The minimum Gasteiger partial charge on any atom is -0.314 e. The highest BCUT2D eigenvalue weighted by Gasteiger charge is 2.40. The van der Waals surface area contributed by atoms with E-state index in [1.54, 1.807) is 0 Å². The lowest BCUT2D eigenvalue weighted by Gasteiger charge is -2.43. The summed E-state index contributed by atoms with van der Waals surface area (Å²) in [6.45, 7) is 9.64. The maximum absolute atomic E-state index is 2.46. The normalized spacial score (nSPS) is 13.9. The summed E-state index contributed by atoms with van der Waals surface area (Å²) >= 11 is 3.74. The zero-order valence-electron chi connectivity index (χ0n) is 19.6. The Bertz CT molecular complexity index is 1860. The maximum Gasteiger partial charge on any atom is 0.0716 e. The van der Waals surface area contributed by atoms with Crippen LogP contribution >= 0.6 is 22.7 Å². The molecule has 0 bridgehead atoms. The highest BCUT2D eigenvalue weighted by atomic mass is 32.1. The second-order valence-corrected chi connectivity index (χ2v) is 12.6. The average molecular weight is 477 g/mol. The summed E-state index contributed by atoms with van der Waals surface area (Å²) in [6.07, 6.45) is 4.42. The number of fused-ring (bicyclic) bond motifs is 6. The second-order valence-electron chi connectivity index (χ2n) is 10.8. The highest BCUT2D eigenvalue weighted by molar-refractivity contribution is 7.19. The van der Waals surface area contributed by atoms with Crippen molar-refractivity contribution < 1.29 is 0 Å². The second kappa shape index (κ2) is 5.94. The molecule has 34 heavy (non-hydrogen) atoms. The summed E-state index contributed by atoms with van der Waals surface area (Å²) in [5.41, 5.74) is 8.07. The van der Waals surface area contributed by atoms with E-state index in [1.807, 2.05) is 22.7 Å². The molecule has 0 aliphatic heterocycles. The van der Waals surface area contributed by atoms with Crippen molar-refractivity contribution in [2.75, 3.05) is 0 Å². The van der Waals surface area contributed by atoms with E-state index in [-0.39, 0.29) is 10.8 Å². The molecule has 6 aromatic heterocycles. The lowest BCUT2D eigenvalue weighted by atomic mass is 9.61. The molecule has 8 aromatic rings.